The van der Waals surface area contributed by atoms with E-state index in [1.165, 1.54) is 48.7 Å². The molecule has 3 rings (SSSR count). The van der Waals surface area contributed by atoms with E-state index in [1.54, 1.807) is 12.1 Å². The molecule has 0 atom stereocenters. The summed E-state index contributed by atoms with van der Waals surface area (Å²) in [6.07, 6.45) is 0. The standard InChI is InChI=1S/C21H22O9/c1-24-11-8-13(26-3)12(25-2)7-10(11)19-21(29-6)18(23)16-14(30-19)9-15(27-4)20(28-5)17(16)22/h7-9,22H,1-6H3. The molecule has 0 unspecified atom stereocenters. The van der Waals surface area contributed by atoms with E-state index >= 15 is 0 Å². The van der Waals surface area contributed by atoms with Crippen molar-refractivity contribution in [3.8, 4) is 51.6 Å². The van der Waals surface area contributed by atoms with Crippen molar-refractivity contribution in [3.63, 3.8) is 0 Å². The molecule has 1 aromatic heterocycles. The summed E-state index contributed by atoms with van der Waals surface area (Å²) in [5.74, 6) is 0.937. The van der Waals surface area contributed by atoms with Crippen molar-refractivity contribution >= 4 is 11.0 Å². The first-order valence-electron chi connectivity index (χ1n) is 8.74. The first kappa shape index (κ1) is 21.0. The molecule has 0 spiro atoms. The van der Waals surface area contributed by atoms with E-state index in [-0.39, 0.29) is 34.0 Å². The van der Waals surface area contributed by atoms with Gasteiger partial charge in [-0.2, -0.15) is 0 Å². The monoisotopic (exact) mass is 418 g/mol. The topological polar surface area (TPSA) is 106 Å². The zero-order valence-corrected chi connectivity index (χ0v) is 17.4. The van der Waals surface area contributed by atoms with Gasteiger partial charge in [0.1, 0.15) is 16.7 Å². The molecule has 0 saturated carbocycles. The molecule has 0 fully saturated rings. The Balaban J connectivity index is 2.44. The Bertz CT molecular complexity index is 1150. The molecule has 0 aliphatic heterocycles. The Morgan fingerprint density at radius 1 is 0.700 bits per heavy atom. The first-order chi connectivity index (χ1) is 14.4. The van der Waals surface area contributed by atoms with Gasteiger partial charge in [-0.05, 0) is 6.07 Å². The fourth-order valence-corrected chi connectivity index (χ4v) is 3.19. The summed E-state index contributed by atoms with van der Waals surface area (Å²) >= 11 is 0. The first-order valence-corrected chi connectivity index (χ1v) is 8.74. The van der Waals surface area contributed by atoms with Crippen LogP contribution in [0.3, 0.4) is 0 Å². The Morgan fingerprint density at radius 3 is 1.80 bits per heavy atom. The summed E-state index contributed by atoms with van der Waals surface area (Å²) in [6.45, 7) is 0. The molecule has 1 N–H and O–H groups in total. The third-order valence-electron chi connectivity index (χ3n) is 4.61. The van der Waals surface area contributed by atoms with Crippen LogP contribution in [0.4, 0.5) is 0 Å². The highest BCUT2D eigenvalue weighted by atomic mass is 16.5. The summed E-state index contributed by atoms with van der Waals surface area (Å²) in [7, 11) is 8.53. The highest BCUT2D eigenvalue weighted by Crippen LogP contribution is 2.46. The summed E-state index contributed by atoms with van der Waals surface area (Å²) in [5, 5.41) is 10.5. The number of aromatic hydroxyl groups is 1. The van der Waals surface area contributed by atoms with E-state index in [1.807, 2.05) is 0 Å². The number of hydrogen-bond acceptors (Lipinski definition) is 9. The van der Waals surface area contributed by atoms with Gasteiger partial charge in [0.2, 0.25) is 16.9 Å². The molecule has 30 heavy (non-hydrogen) atoms. The number of rotatable bonds is 7. The van der Waals surface area contributed by atoms with Crippen molar-refractivity contribution in [2.75, 3.05) is 42.7 Å². The molecule has 2 aromatic carbocycles. The van der Waals surface area contributed by atoms with Gasteiger partial charge in [0.05, 0.1) is 48.2 Å². The largest absolute Gasteiger partial charge is 0.504 e. The van der Waals surface area contributed by atoms with Gasteiger partial charge in [0.25, 0.3) is 0 Å². The minimum atomic E-state index is -0.593. The third-order valence-corrected chi connectivity index (χ3v) is 4.61. The van der Waals surface area contributed by atoms with Crippen LogP contribution in [0.15, 0.2) is 27.4 Å². The van der Waals surface area contributed by atoms with Crippen LogP contribution in [0.25, 0.3) is 22.3 Å². The molecule has 0 aliphatic carbocycles. The number of benzene rings is 2. The molecule has 9 nitrogen and oxygen atoms in total. The van der Waals surface area contributed by atoms with Crippen LogP contribution in [-0.2, 0) is 0 Å². The summed E-state index contributed by atoms with van der Waals surface area (Å²) < 4.78 is 37.8. The maximum atomic E-state index is 13.2. The lowest BCUT2D eigenvalue weighted by molar-refractivity contribution is 0.334. The minimum Gasteiger partial charge on any atom is -0.504 e. The van der Waals surface area contributed by atoms with E-state index in [4.69, 9.17) is 32.8 Å². The fraction of sp³-hybridized carbons (Fsp3) is 0.286. The number of hydrogen-bond donors (Lipinski definition) is 1. The maximum Gasteiger partial charge on any atom is 0.239 e. The summed E-state index contributed by atoms with van der Waals surface area (Å²) in [4.78, 5) is 13.2. The lowest BCUT2D eigenvalue weighted by Gasteiger charge is -2.16. The molecule has 3 aromatic rings. The van der Waals surface area contributed by atoms with E-state index < -0.39 is 11.2 Å². The van der Waals surface area contributed by atoms with Gasteiger partial charge in [0.15, 0.2) is 28.8 Å². The molecule has 0 aliphatic rings. The van der Waals surface area contributed by atoms with Crippen LogP contribution in [0.5, 0.6) is 40.2 Å². The number of fused-ring (bicyclic) bond motifs is 1. The predicted octanol–water partition coefficient (Wildman–Crippen LogP) is 3.22. The van der Waals surface area contributed by atoms with Crippen molar-refractivity contribution in [1.29, 1.82) is 0 Å². The Kier molecular flexibility index (Phi) is 5.81. The Labute approximate surface area is 172 Å². The average Bonchev–Trinajstić information content (AvgIpc) is 2.77. The number of methoxy groups -OCH3 is 6. The van der Waals surface area contributed by atoms with Crippen LogP contribution < -0.4 is 33.8 Å². The minimum absolute atomic E-state index is 0.0100. The van der Waals surface area contributed by atoms with Crippen molar-refractivity contribution in [2.24, 2.45) is 0 Å². The molecule has 0 amide bonds. The van der Waals surface area contributed by atoms with E-state index in [9.17, 15) is 9.90 Å². The van der Waals surface area contributed by atoms with Gasteiger partial charge >= 0.3 is 0 Å². The van der Waals surface area contributed by atoms with Crippen LogP contribution >= 0.6 is 0 Å². The molecule has 0 saturated heterocycles. The normalized spacial score (nSPS) is 10.6. The van der Waals surface area contributed by atoms with Crippen molar-refractivity contribution in [1.82, 2.24) is 0 Å². The molecular formula is C21H22O9. The van der Waals surface area contributed by atoms with Gasteiger partial charge in [-0.25, -0.2) is 0 Å². The van der Waals surface area contributed by atoms with Gasteiger partial charge < -0.3 is 37.9 Å². The SMILES string of the molecule is COc1cc(OC)c(-c2oc3cc(OC)c(OC)c(O)c3c(=O)c2OC)cc1OC. The van der Waals surface area contributed by atoms with Crippen LogP contribution in [0.1, 0.15) is 0 Å². The molecule has 0 radical (unpaired) electrons. The number of ether oxygens (including phenoxy) is 6. The van der Waals surface area contributed by atoms with Crippen LogP contribution in [0, 0.1) is 0 Å². The zero-order chi connectivity index (χ0) is 22.0. The van der Waals surface area contributed by atoms with E-state index in [2.05, 4.69) is 0 Å². The van der Waals surface area contributed by atoms with E-state index in [0.29, 0.717) is 22.8 Å². The number of phenolic OH excluding ortho intramolecular Hbond substituents is 1. The van der Waals surface area contributed by atoms with Gasteiger partial charge in [-0.1, -0.05) is 0 Å². The zero-order valence-electron chi connectivity index (χ0n) is 17.4. The highest BCUT2D eigenvalue weighted by molar-refractivity contribution is 5.92. The molecule has 160 valence electrons. The average molecular weight is 418 g/mol. The quantitative estimate of drug-likeness (QED) is 0.619. The fourth-order valence-electron chi connectivity index (χ4n) is 3.19. The molecule has 9 heteroatoms. The smallest absolute Gasteiger partial charge is 0.239 e. The molecule has 0 bridgehead atoms. The summed E-state index contributed by atoms with van der Waals surface area (Å²) in [5.41, 5.74) is -0.132. The lowest BCUT2D eigenvalue weighted by atomic mass is 10.1. The molecular weight excluding hydrogens is 396 g/mol. The second-order valence-corrected chi connectivity index (χ2v) is 6.03. The summed E-state index contributed by atoms with van der Waals surface area (Å²) in [6, 6.07) is 4.65. The second kappa shape index (κ2) is 8.32. The maximum absolute atomic E-state index is 13.2. The molecule has 1 heterocycles. The van der Waals surface area contributed by atoms with Crippen LogP contribution in [-0.4, -0.2) is 47.8 Å². The lowest BCUT2D eigenvalue weighted by Crippen LogP contribution is -2.09. The van der Waals surface area contributed by atoms with Crippen molar-refractivity contribution in [3.05, 3.63) is 28.4 Å². The van der Waals surface area contributed by atoms with Crippen LogP contribution in [0.2, 0.25) is 0 Å². The van der Waals surface area contributed by atoms with Gasteiger partial charge in [0, 0.05) is 12.1 Å². The Hall–Kier alpha value is -3.75. The number of phenols is 1. The van der Waals surface area contributed by atoms with Crippen molar-refractivity contribution < 1.29 is 37.9 Å². The highest BCUT2D eigenvalue weighted by Gasteiger charge is 2.26. The van der Waals surface area contributed by atoms with E-state index in [0.717, 1.165) is 0 Å². The Morgan fingerprint density at radius 2 is 1.27 bits per heavy atom. The van der Waals surface area contributed by atoms with Crippen molar-refractivity contribution in [2.45, 2.75) is 0 Å². The second-order valence-electron chi connectivity index (χ2n) is 6.03. The van der Waals surface area contributed by atoms with Gasteiger partial charge in [-0.15, -0.1) is 0 Å². The third kappa shape index (κ3) is 3.18. The van der Waals surface area contributed by atoms with Gasteiger partial charge in [-0.3, -0.25) is 4.79 Å². The predicted molar refractivity (Wildman–Crippen MR) is 109 cm³/mol.